The summed E-state index contributed by atoms with van der Waals surface area (Å²) in [5.74, 6) is 0.0802. The van der Waals surface area contributed by atoms with Crippen LogP contribution in [0.15, 0.2) is 18.3 Å². The number of ether oxygens (including phenoxy) is 1. The number of nitrogens with one attached hydrogen (secondary N) is 2. The zero-order valence-electron chi connectivity index (χ0n) is 17.0. The second-order valence-electron chi connectivity index (χ2n) is 8.94. The molecule has 2 N–H and O–H groups in total. The van der Waals surface area contributed by atoms with Gasteiger partial charge in [0.25, 0.3) is 0 Å². The van der Waals surface area contributed by atoms with Crippen molar-refractivity contribution < 1.29 is 18.7 Å². The number of carbonyl (C=O) groups is 2. The Labute approximate surface area is 169 Å². The van der Waals surface area contributed by atoms with Crippen LogP contribution in [-0.2, 0) is 9.53 Å². The molecule has 1 aliphatic heterocycles. The highest BCUT2D eigenvalue weighted by atomic mass is 19.1. The summed E-state index contributed by atoms with van der Waals surface area (Å²) in [6, 6.07) is 3.65. The van der Waals surface area contributed by atoms with Crippen molar-refractivity contribution in [1.29, 1.82) is 0 Å². The van der Waals surface area contributed by atoms with Crippen LogP contribution in [-0.4, -0.2) is 51.7 Å². The Hall–Kier alpha value is -2.64. The van der Waals surface area contributed by atoms with Gasteiger partial charge in [-0.2, -0.15) is 0 Å². The summed E-state index contributed by atoms with van der Waals surface area (Å²) in [7, 11) is 0. The highest BCUT2D eigenvalue weighted by Crippen LogP contribution is 2.37. The molecule has 2 amide bonds. The molecule has 0 aromatic carbocycles. The van der Waals surface area contributed by atoms with Crippen LogP contribution in [0, 0.1) is 5.92 Å². The fourth-order valence-electron chi connectivity index (χ4n) is 3.76. The van der Waals surface area contributed by atoms with Gasteiger partial charge in [0.15, 0.2) is 0 Å². The number of hydrogen-bond acceptors (Lipinski definition) is 4. The summed E-state index contributed by atoms with van der Waals surface area (Å²) >= 11 is 0. The van der Waals surface area contributed by atoms with Gasteiger partial charge in [0, 0.05) is 30.0 Å². The van der Waals surface area contributed by atoms with Crippen molar-refractivity contribution in [3.8, 4) is 0 Å². The standard InChI is InChI=1S/C21H27FN4O3/c1-21(2,3)29-20(28)26-9-7-13(16(22)11-26)15-10-17(25-19(27)12-4-5-12)24-18-14(15)6-8-23-18/h6,8,10,12-13,16H,4-5,7,9,11H2,1-3H3,(H2,23,24,25,27). The van der Waals surface area contributed by atoms with Gasteiger partial charge in [0.05, 0.1) is 6.54 Å². The van der Waals surface area contributed by atoms with E-state index in [0.717, 1.165) is 23.8 Å². The Kier molecular flexibility index (Phi) is 4.96. The van der Waals surface area contributed by atoms with Gasteiger partial charge in [0.1, 0.15) is 23.2 Å². The summed E-state index contributed by atoms with van der Waals surface area (Å²) in [6.07, 6.45) is 2.32. The highest BCUT2D eigenvalue weighted by Gasteiger charge is 2.36. The number of halogens is 1. The maximum absolute atomic E-state index is 15.2. The van der Waals surface area contributed by atoms with Crippen LogP contribution in [0.4, 0.5) is 15.0 Å². The molecule has 2 atom stereocenters. The van der Waals surface area contributed by atoms with E-state index in [1.165, 1.54) is 4.90 Å². The Morgan fingerprint density at radius 1 is 1.31 bits per heavy atom. The van der Waals surface area contributed by atoms with Crippen LogP contribution < -0.4 is 5.32 Å². The minimum absolute atomic E-state index is 0.0163. The molecular formula is C21H27FN4O3. The first kappa shape index (κ1) is 19.7. The molecule has 3 heterocycles. The molecular weight excluding hydrogens is 375 g/mol. The molecule has 2 aromatic rings. The Morgan fingerprint density at radius 2 is 2.07 bits per heavy atom. The normalized spacial score (nSPS) is 22.6. The molecule has 2 unspecified atom stereocenters. The largest absolute Gasteiger partial charge is 0.444 e. The van der Waals surface area contributed by atoms with Crippen molar-refractivity contribution in [3.63, 3.8) is 0 Å². The number of piperidine rings is 1. The lowest BCUT2D eigenvalue weighted by Crippen LogP contribution is -2.46. The van der Waals surface area contributed by atoms with Gasteiger partial charge >= 0.3 is 6.09 Å². The van der Waals surface area contributed by atoms with Crippen molar-refractivity contribution >= 4 is 28.9 Å². The number of fused-ring (bicyclic) bond motifs is 1. The van der Waals surface area contributed by atoms with Crippen LogP contribution in [0.3, 0.4) is 0 Å². The van der Waals surface area contributed by atoms with Gasteiger partial charge in [0.2, 0.25) is 5.91 Å². The quantitative estimate of drug-likeness (QED) is 0.813. The van der Waals surface area contributed by atoms with E-state index >= 15 is 4.39 Å². The number of anilines is 1. The van der Waals surface area contributed by atoms with Crippen molar-refractivity contribution in [1.82, 2.24) is 14.9 Å². The van der Waals surface area contributed by atoms with Crippen molar-refractivity contribution in [2.45, 2.75) is 57.7 Å². The number of H-pyrrole nitrogens is 1. The van der Waals surface area contributed by atoms with Crippen molar-refractivity contribution in [2.24, 2.45) is 5.92 Å². The number of pyridine rings is 1. The van der Waals surface area contributed by atoms with Crippen LogP contribution in [0.5, 0.6) is 0 Å². The molecule has 2 aromatic heterocycles. The summed E-state index contributed by atoms with van der Waals surface area (Å²) in [5, 5.41) is 3.70. The van der Waals surface area contributed by atoms with Crippen molar-refractivity contribution in [3.05, 3.63) is 23.9 Å². The molecule has 1 saturated carbocycles. The molecule has 29 heavy (non-hydrogen) atoms. The molecule has 4 rings (SSSR count). The van der Waals surface area contributed by atoms with Crippen LogP contribution in [0.2, 0.25) is 0 Å². The molecule has 1 aliphatic carbocycles. The molecule has 2 aliphatic rings. The maximum atomic E-state index is 15.2. The molecule has 0 bridgehead atoms. The summed E-state index contributed by atoms with van der Waals surface area (Å²) in [6.45, 7) is 5.78. The van der Waals surface area contributed by atoms with Gasteiger partial charge < -0.3 is 19.9 Å². The summed E-state index contributed by atoms with van der Waals surface area (Å²) in [5.41, 5.74) is 0.811. The van der Waals surface area contributed by atoms with E-state index in [0.29, 0.717) is 24.4 Å². The van der Waals surface area contributed by atoms with E-state index < -0.39 is 17.9 Å². The van der Waals surface area contributed by atoms with Crippen LogP contribution in [0.1, 0.15) is 51.5 Å². The fraction of sp³-hybridized carbons (Fsp3) is 0.571. The smallest absolute Gasteiger partial charge is 0.410 e. The van der Waals surface area contributed by atoms with Crippen molar-refractivity contribution in [2.75, 3.05) is 18.4 Å². The molecule has 156 valence electrons. The minimum Gasteiger partial charge on any atom is -0.444 e. The third kappa shape index (κ3) is 4.36. The van der Waals surface area contributed by atoms with E-state index in [4.69, 9.17) is 4.74 Å². The van der Waals surface area contributed by atoms with Gasteiger partial charge in [-0.3, -0.25) is 4.79 Å². The number of hydrogen-bond donors (Lipinski definition) is 2. The highest BCUT2D eigenvalue weighted by molar-refractivity contribution is 5.94. The van der Waals surface area contributed by atoms with E-state index in [1.54, 1.807) is 33.0 Å². The second-order valence-corrected chi connectivity index (χ2v) is 8.94. The number of carbonyl (C=O) groups excluding carboxylic acids is 2. The summed E-state index contributed by atoms with van der Waals surface area (Å²) in [4.78, 5) is 33.4. The first-order valence-electron chi connectivity index (χ1n) is 10.1. The van der Waals surface area contributed by atoms with Gasteiger partial charge in [-0.15, -0.1) is 0 Å². The van der Waals surface area contributed by atoms with E-state index in [-0.39, 0.29) is 24.3 Å². The van der Waals surface area contributed by atoms with Gasteiger partial charge in [-0.05, 0) is 57.7 Å². The minimum atomic E-state index is -1.23. The molecule has 0 spiro atoms. The van der Waals surface area contributed by atoms with E-state index in [2.05, 4.69) is 15.3 Å². The van der Waals surface area contributed by atoms with Crippen LogP contribution in [0.25, 0.3) is 11.0 Å². The molecule has 0 radical (unpaired) electrons. The Bertz CT molecular complexity index is 932. The number of alkyl halides is 1. The lowest BCUT2D eigenvalue weighted by Gasteiger charge is -2.36. The fourth-order valence-corrected chi connectivity index (χ4v) is 3.76. The maximum Gasteiger partial charge on any atom is 0.410 e. The number of aromatic amines is 1. The molecule has 1 saturated heterocycles. The first-order chi connectivity index (χ1) is 13.7. The van der Waals surface area contributed by atoms with Gasteiger partial charge in [-0.25, -0.2) is 14.2 Å². The third-order valence-electron chi connectivity index (χ3n) is 5.35. The number of rotatable bonds is 3. The number of amides is 2. The average Bonchev–Trinajstić information content (AvgIpc) is 3.38. The molecule has 7 nitrogen and oxygen atoms in total. The number of likely N-dealkylation sites (tertiary alicyclic amines) is 1. The molecule has 8 heteroatoms. The van der Waals surface area contributed by atoms with Gasteiger partial charge in [-0.1, -0.05) is 0 Å². The average molecular weight is 402 g/mol. The van der Waals surface area contributed by atoms with E-state index in [1.807, 2.05) is 6.07 Å². The zero-order chi connectivity index (χ0) is 20.8. The molecule has 2 fully saturated rings. The number of aromatic nitrogens is 2. The predicted molar refractivity (Wildman–Crippen MR) is 108 cm³/mol. The first-order valence-corrected chi connectivity index (χ1v) is 10.1. The Balaban J connectivity index is 1.54. The lowest BCUT2D eigenvalue weighted by molar-refractivity contribution is -0.117. The third-order valence-corrected chi connectivity index (χ3v) is 5.35. The second kappa shape index (κ2) is 7.31. The van der Waals surface area contributed by atoms with E-state index in [9.17, 15) is 9.59 Å². The summed E-state index contributed by atoms with van der Waals surface area (Å²) < 4.78 is 20.5. The topological polar surface area (TPSA) is 87.3 Å². The lowest BCUT2D eigenvalue weighted by atomic mass is 9.87. The zero-order valence-corrected chi connectivity index (χ0v) is 17.0. The monoisotopic (exact) mass is 402 g/mol. The number of nitrogens with zero attached hydrogens (tertiary/aromatic N) is 2. The SMILES string of the molecule is CC(C)(C)OC(=O)N1CCC(c2cc(NC(=O)C3CC3)nc3[nH]ccc23)C(F)C1. The Morgan fingerprint density at radius 3 is 2.72 bits per heavy atom. The predicted octanol–water partition coefficient (Wildman–Crippen LogP) is 3.97. The van der Waals surface area contributed by atoms with Crippen LogP contribution >= 0.6 is 0 Å².